The number of nitrogens with one attached hydrogen (secondary N) is 1. The molecule has 79 heavy (non-hydrogen) atoms. The predicted octanol–water partition coefficient (Wildman–Crippen LogP) is 11.6. The number of likely N-dealkylation sites (tertiary alicyclic amines) is 1. The molecule has 0 amide bonds. The van der Waals surface area contributed by atoms with Gasteiger partial charge in [-0.2, -0.15) is 13.2 Å². The van der Waals surface area contributed by atoms with E-state index in [4.69, 9.17) is 16.1 Å². The molecular weight excluding hydrogens is 1120 g/mol. The minimum Gasteiger partial charge on any atom is -0.481 e. The number of piperidine rings is 1. The van der Waals surface area contributed by atoms with Crippen LogP contribution in [-0.4, -0.2) is 120 Å². The smallest absolute Gasteiger partial charge is 0.481 e. The number of carboxylic acids is 1. The monoisotopic (exact) mass is 1180 g/mol. The van der Waals surface area contributed by atoms with Crippen LogP contribution in [0, 0.1) is 18.7 Å². The Morgan fingerprint density at radius 1 is 0.823 bits per heavy atom. The summed E-state index contributed by atoms with van der Waals surface area (Å²) in [6.07, 6.45) is 2.49. The van der Waals surface area contributed by atoms with Crippen molar-refractivity contribution < 1.29 is 53.4 Å². The molecule has 2 N–H and O–H groups in total. The number of nitrogens with zero attached hydrogens (tertiary/aromatic N) is 5. The summed E-state index contributed by atoms with van der Waals surface area (Å²) in [7, 11) is -14.0. The lowest BCUT2D eigenvalue weighted by Gasteiger charge is -2.37. The zero-order chi connectivity index (χ0) is 56.6. The first-order valence-corrected chi connectivity index (χ1v) is 32.2. The molecule has 6 aromatic rings. The number of rotatable bonds is 18. The van der Waals surface area contributed by atoms with Gasteiger partial charge in [0.05, 0.1) is 40.7 Å². The van der Waals surface area contributed by atoms with Gasteiger partial charge in [-0.3, -0.25) is 14.0 Å². The molecule has 0 spiro atoms. The molecule has 14 nitrogen and oxygen atoms in total. The average molecular weight is 1190 g/mol. The third-order valence-electron chi connectivity index (χ3n) is 14.8. The third kappa shape index (κ3) is 12.5. The maximum absolute atomic E-state index is 15.9. The number of alkyl halides is 3. The Balaban J connectivity index is 0.934. The van der Waals surface area contributed by atoms with E-state index < -0.39 is 61.3 Å². The van der Waals surface area contributed by atoms with E-state index in [9.17, 15) is 39.9 Å². The lowest BCUT2D eigenvalue weighted by molar-refractivity contribution is -0.143. The molecule has 2 atom stereocenters. The SMILES string of the molecule is Cc1c(S(C)(=O)=O)c(-c2cc(F)cc(N3CCN(c4ccc(N5CCO[P@@]5(=O)c5ccc(N[C@H](CCN6CCC(C(=O)O)CC6)CSc6ccccc6)c(S(=O)(=O)C(F)(F)F)c5)cc4)CC3)c2)c(-c2ccc(Cl)cc2)n1C(C)C. The van der Waals surface area contributed by atoms with E-state index >= 15 is 8.96 Å². The van der Waals surface area contributed by atoms with Crippen molar-refractivity contribution in [3.05, 3.63) is 132 Å². The van der Waals surface area contributed by atoms with Crippen molar-refractivity contribution in [1.82, 2.24) is 9.47 Å². The minimum absolute atomic E-state index is 0.0478. The molecule has 0 radical (unpaired) electrons. The second-order valence-corrected chi connectivity index (χ2v) is 28.1. The van der Waals surface area contributed by atoms with Gasteiger partial charge in [-0.1, -0.05) is 41.9 Å². The number of hydrogen-bond acceptors (Lipinski definition) is 12. The van der Waals surface area contributed by atoms with Gasteiger partial charge in [-0.25, -0.2) is 21.2 Å². The molecule has 0 unspecified atom stereocenters. The number of sulfone groups is 2. The summed E-state index contributed by atoms with van der Waals surface area (Å²) in [6.45, 7) is 9.27. The summed E-state index contributed by atoms with van der Waals surface area (Å²) in [6, 6.07) is 30.9. The molecule has 0 aliphatic carbocycles. The molecule has 3 saturated heterocycles. The average Bonchev–Trinajstić information content (AvgIpc) is 4.17. The van der Waals surface area contributed by atoms with E-state index in [2.05, 4.69) is 15.1 Å². The Morgan fingerprint density at radius 3 is 2.06 bits per heavy atom. The molecule has 4 heterocycles. The number of carbonyl (C=O) groups is 1. The van der Waals surface area contributed by atoms with Crippen molar-refractivity contribution >= 4 is 84.6 Å². The molecule has 0 saturated carbocycles. The van der Waals surface area contributed by atoms with Crippen LogP contribution in [-0.2, 0) is 33.6 Å². The number of anilines is 4. The number of benzene rings is 5. The molecule has 5 aromatic carbocycles. The first-order chi connectivity index (χ1) is 37.4. The van der Waals surface area contributed by atoms with Crippen molar-refractivity contribution in [2.45, 2.75) is 72.3 Å². The van der Waals surface area contributed by atoms with E-state index in [0.717, 1.165) is 28.5 Å². The Hall–Kier alpha value is -5.54. The van der Waals surface area contributed by atoms with E-state index in [-0.39, 0.29) is 35.1 Å². The van der Waals surface area contributed by atoms with Gasteiger partial charge in [0, 0.05) is 95.1 Å². The van der Waals surface area contributed by atoms with Crippen LogP contribution >= 0.6 is 30.9 Å². The van der Waals surface area contributed by atoms with Gasteiger partial charge in [-0.15, -0.1) is 11.8 Å². The zero-order valence-electron chi connectivity index (χ0n) is 44.0. The summed E-state index contributed by atoms with van der Waals surface area (Å²) in [5.74, 6) is -1.47. The predicted molar refractivity (Wildman–Crippen MR) is 306 cm³/mol. The van der Waals surface area contributed by atoms with Gasteiger partial charge >= 0.3 is 19.0 Å². The van der Waals surface area contributed by atoms with Gasteiger partial charge < -0.3 is 34.2 Å². The van der Waals surface area contributed by atoms with Crippen molar-refractivity contribution in [3.8, 4) is 22.4 Å². The molecule has 9 rings (SSSR count). The number of thioether (sulfide) groups is 1. The molecule has 0 bridgehead atoms. The standard InChI is InChI=1S/C56H62ClF4N6O8PS3/c1-37(2)67-38(3)54(78(4,71)72)52(53(67)39-10-12-42(57)13-11-39)41-32-43(58)34-47(33-41)65-28-26-64(27-29-65)45-14-16-46(17-15-45)66-30-31-75-76(66,70)48-18-19-50(51(35-48)79(73,74)56(59,60)61)62-44(36-77-49-8-6-5-7-9-49)22-25-63-23-20-40(21-24-63)55(68)69/h5-19,32-35,37,40,44,62H,20-31,36H2,1-4H3,(H,68,69)/t44-,76+/m1/s1. The van der Waals surface area contributed by atoms with Crippen LogP contribution in [0.3, 0.4) is 0 Å². The van der Waals surface area contributed by atoms with Crippen LogP contribution in [0.5, 0.6) is 0 Å². The highest BCUT2D eigenvalue weighted by molar-refractivity contribution is 7.99. The summed E-state index contributed by atoms with van der Waals surface area (Å²) < 4.78 is 138. The van der Waals surface area contributed by atoms with Gasteiger partial charge in [0.25, 0.3) is 9.84 Å². The number of hydrogen-bond donors (Lipinski definition) is 2. The normalized spacial score (nSPS) is 18.4. The highest BCUT2D eigenvalue weighted by atomic mass is 35.5. The van der Waals surface area contributed by atoms with Crippen molar-refractivity contribution in [2.75, 3.05) is 90.8 Å². The fourth-order valence-electron chi connectivity index (χ4n) is 10.9. The first-order valence-electron chi connectivity index (χ1n) is 25.9. The van der Waals surface area contributed by atoms with Crippen molar-refractivity contribution in [2.24, 2.45) is 5.92 Å². The molecule has 3 fully saturated rings. The number of aromatic nitrogens is 1. The highest BCUT2D eigenvalue weighted by Gasteiger charge is 2.50. The third-order valence-corrected chi connectivity index (χ3v) is 21.5. The van der Waals surface area contributed by atoms with Gasteiger partial charge in [-0.05, 0) is 149 Å². The zero-order valence-corrected chi connectivity index (χ0v) is 48.1. The Kier molecular flexibility index (Phi) is 17.3. The number of carboxylic acid groups (broad SMARTS) is 1. The second-order valence-electron chi connectivity index (χ2n) is 20.4. The molecule has 1 aromatic heterocycles. The van der Waals surface area contributed by atoms with Gasteiger partial charge in [0.15, 0.2) is 9.84 Å². The Bertz CT molecular complexity index is 3470. The lowest BCUT2D eigenvalue weighted by atomic mass is 9.97. The van der Waals surface area contributed by atoms with E-state index in [1.807, 2.05) is 84.0 Å². The minimum atomic E-state index is -6.00. The van der Waals surface area contributed by atoms with Crippen LogP contribution in [0.2, 0.25) is 5.02 Å². The summed E-state index contributed by atoms with van der Waals surface area (Å²) >= 11 is 7.72. The maximum atomic E-state index is 15.9. The van der Waals surface area contributed by atoms with Crippen LogP contribution in [0.1, 0.15) is 44.8 Å². The van der Waals surface area contributed by atoms with Gasteiger partial charge in [0.1, 0.15) is 10.7 Å². The number of halogens is 5. The molecule has 3 aliphatic rings. The van der Waals surface area contributed by atoms with Gasteiger partial charge in [0.2, 0.25) is 0 Å². The maximum Gasteiger partial charge on any atom is 0.501 e. The van der Waals surface area contributed by atoms with Crippen LogP contribution in [0.4, 0.5) is 40.3 Å². The Morgan fingerprint density at radius 2 is 1.46 bits per heavy atom. The van der Waals surface area contributed by atoms with Crippen molar-refractivity contribution in [1.29, 1.82) is 0 Å². The summed E-state index contributed by atoms with van der Waals surface area (Å²) in [4.78, 5) is 17.8. The van der Waals surface area contributed by atoms with Crippen LogP contribution < -0.4 is 25.1 Å². The van der Waals surface area contributed by atoms with Crippen LogP contribution in [0.25, 0.3) is 22.4 Å². The Labute approximate surface area is 468 Å². The van der Waals surface area contributed by atoms with Crippen molar-refractivity contribution in [3.63, 3.8) is 0 Å². The number of piperazine rings is 1. The largest absolute Gasteiger partial charge is 0.501 e. The molecule has 3 aliphatic heterocycles. The van der Waals surface area contributed by atoms with Crippen LogP contribution in [0.15, 0.2) is 130 Å². The quantitative estimate of drug-likeness (QED) is 0.0475. The molecule has 422 valence electrons. The summed E-state index contributed by atoms with van der Waals surface area (Å²) in [5, 5.41) is 12.9. The summed E-state index contributed by atoms with van der Waals surface area (Å²) in [5.41, 5.74) is -1.44. The van der Waals surface area contributed by atoms with E-state index in [1.165, 1.54) is 40.7 Å². The molecule has 23 heteroatoms. The fourth-order valence-corrected chi connectivity index (χ4v) is 16.5. The number of aliphatic carboxylic acids is 1. The molecular formula is C56H62ClF4N6O8PS3. The fraction of sp³-hybridized carbons (Fsp3) is 0.375. The van der Waals surface area contributed by atoms with E-state index in [1.54, 1.807) is 31.2 Å². The highest BCUT2D eigenvalue weighted by Crippen LogP contribution is 2.56. The lowest BCUT2D eigenvalue weighted by Crippen LogP contribution is -2.46. The topological polar surface area (TPSA) is 162 Å². The first kappa shape index (κ1) is 58.1. The van der Waals surface area contributed by atoms with E-state index in [0.29, 0.717) is 110 Å². The second kappa shape index (κ2) is 23.5.